The summed E-state index contributed by atoms with van der Waals surface area (Å²) in [5.74, 6) is -1.10. The molecule has 1 aromatic carbocycles. The van der Waals surface area contributed by atoms with Gasteiger partial charge in [-0.3, -0.25) is 0 Å². The summed E-state index contributed by atoms with van der Waals surface area (Å²) in [4.78, 5) is 10.2. The van der Waals surface area contributed by atoms with Crippen LogP contribution in [0.2, 0.25) is 10.2 Å². The van der Waals surface area contributed by atoms with Crippen LogP contribution in [0, 0.1) is 11.3 Å². The molecule has 0 aliphatic carbocycles. The summed E-state index contributed by atoms with van der Waals surface area (Å²) in [7, 11) is 0. The lowest BCUT2D eigenvalue weighted by molar-refractivity contribution is 0.0702. The summed E-state index contributed by atoms with van der Waals surface area (Å²) in [5, 5.41) is 16.9. The zero-order valence-corrected chi connectivity index (χ0v) is 11.6. The summed E-state index contributed by atoms with van der Waals surface area (Å²) < 4.78 is 3.53. The topological polar surface area (TPSA) is 100 Å². The number of halogens is 2. The molecular formula is C11H7Cl2N3O2S. The van der Waals surface area contributed by atoms with Gasteiger partial charge in [0.25, 0.3) is 0 Å². The number of carboxylic acids is 1. The number of nitrogens with zero attached hydrogens (tertiary/aromatic N) is 2. The van der Waals surface area contributed by atoms with Gasteiger partial charge in [-0.05, 0) is 23.7 Å². The summed E-state index contributed by atoms with van der Waals surface area (Å²) in [5.41, 5.74) is 6.49. The highest BCUT2D eigenvalue weighted by Crippen LogP contribution is 2.27. The van der Waals surface area contributed by atoms with Crippen molar-refractivity contribution in [2.24, 2.45) is 0 Å². The number of aromatic carboxylic acids is 1. The van der Waals surface area contributed by atoms with Gasteiger partial charge < -0.3 is 10.8 Å². The summed E-state index contributed by atoms with van der Waals surface area (Å²) >= 11 is 11.6. The van der Waals surface area contributed by atoms with Crippen molar-refractivity contribution in [2.45, 2.75) is 0 Å². The van der Waals surface area contributed by atoms with Crippen molar-refractivity contribution in [1.82, 2.24) is 4.37 Å². The number of nitrogens with two attached hydrogens (primary N) is 1. The Morgan fingerprint density at radius 2 is 2.05 bits per heavy atom. The molecule has 0 bridgehead atoms. The lowest BCUT2D eigenvalue weighted by Gasteiger charge is -1.91. The van der Waals surface area contributed by atoms with Crippen molar-refractivity contribution in [2.75, 3.05) is 5.73 Å². The number of nitriles is 1. The van der Waals surface area contributed by atoms with Crippen LogP contribution in [0.1, 0.15) is 15.2 Å². The van der Waals surface area contributed by atoms with E-state index >= 15 is 0 Å². The molecule has 0 fully saturated rings. The first kappa shape index (κ1) is 15.2. The van der Waals surface area contributed by atoms with Gasteiger partial charge in [-0.25, -0.2) is 4.79 Å². The number of carboxylic acid groups (broad SMARTS) is 1. The van der Waals surface area contributed by atoms with E-state index in [0.29, 0.717) is 11.3 Å². The summed E-state index contributed by atoms with van der Waals surface area (Å²) in [6.07, 6.45) is 0. The van der Waals surface area contributed by atoms with Gasteiger partial charge in [0.15, 0.2) is 10.0 Å². The molecule has 0 saturated carbocycles. The average molecular weight is 316 g/mol. The van der Waals surface area contributed by atoms with Crippen LogP contribution < -0.4 is 5.73 Å². The van der Waals surface area contributed by atoms with Crippen molar-refractivity contribution < 1.29 is 9.90 Å². The van der Waals surface area contributed by atoms with Crippen molar-refractivity contribution >= 4 is 46.4 Å². The van der Waals surface area contributed by atoms with Crippen molar-refractivity contribution in [3.63, 3.8) is 0 Å². The van der Waals surface area contributed by atoms with Crippen molar-refractivity contribution in [3.05, 3.63) is 44.9 Å². The number of para-hydroxylation sites is 1. The van der Waals surface area contributed by atoms with Crippen LogP contribution in [-0.4, -0.2) is 15.4 Å². The molecule has 8 heteroatoms. The highest BCUT2D eigenvalue weighted by molar-refractivity contribution is 7.09. The number of hydrogen-bond acceptors (Lipinski definition) is 5. The molecule has 1 heterocycles. The Kier molecular flexibility index (Phi) is 5.57. The van der Waals surface area contributed by atoms with Gasteiger partial charge in [0.05, 0.1) is 5.56 Å². The van der Waals surface area contributed by atoms with E-state index in [1.807, 2.05) is 6.07 Å². The number of hydrogen-bond donors (Lipinski definition) is 2. The molecule has 0 aliphatic rings. The Hall–Kier alpha value is -1.81. The Labute approximate surface area is 123 Å². The normalized spacial score (nSPS) is 9.11. The molecule has 2 rings (SSSR count). The SMILES string of the molecule is N#Cc1ccccc1N.O=C(O)c1snc(Cl)c1Cl. The van der Waals surface area contributed by atoms with Gasteiger partial charge in [0.2, 0.25) is 0 Å². The average Bonchev–Trinajstić information content (AvgIpc) is 2.71. The monoisotopic (exact) mass is 315 g/mol. The first-order chi connectivity index (χ1) is 8.97. The van der Waals surface area contributed by atoms with Crippen molar-refractivity contribution in [1.29, 1.82) is 5.26 Å². The Morgan fingerprint density at radius 1 is 1.42 bits per heavy atom. The largest absolute Gasteiger partial charge is 0.477 e. The molecule has 5 nitrogen and oxygen atoms in total. The van der Waals surface area contributed by atoms with E-state index in [9.17, 15) is 4.79 Å². The minimum Gasteiger partial charge on any atom is -0.477 e. The van der Waals surface area contributed by atoms with Gasteiger partial charge in [-0.15, -0.1) is 0 Å². The second kappa shape index (κ2) is 6.95. The molecule has 0 saturated heterocycles. The van der Waals surface area contributed by atoms with Gasteiger partial charge >= 0.3 is 5.97 Å². The molecule has 0 spiro atoms. The standard InChI is InChI=1S/C7H6N2.C4HCl2NO2S/c8-5-6-3-1-2-4-7(6)9;5-1-2(4(8)9)10-7-3(1)6/h1-4H,9H2;(H,8,9). The van der Waals surface area contributed by atoms with Crippen LogP contribution in [0.3, 0.4) is 0 Å². The zero-order chi connectivity index (χ0) is 14.4. The van der Waals surface area contributed by atoms with Crippen LogP contribution in [0.15, 0.2) is 24.3 Å². The fourth-order valence-electron chi connectivity index (χ4n) is 0.991. The molecule has 0 unspecified atom stereocenters. The third-order valence-corrected chi connectivity index (χ3v) is 3.66. The molecule has 2 aromatic rings. The minimum atomic E-state index is -1.10. The van der Waals surface area contributed by atoms with E-state index in [1.165, 1.54) is 0 Å². The molecule has 0 radical (unpaired) electrons. The maximum Gasteiger partial charge on any atom is 0.349 e. The number of carbonyl (C=O) groups is 1. The molecular weight excluding hydrogens is 309 g/mol. The van der Waals surface area contributed by atoms with E-state index < -0.39 is 5.97 Å². The quantitative estimate of drug-likeness (QED) is 0.786. The van der Waals surface area contributed by atoms with E-state index in [1.54, 1.807) is 24.3 Å². The van der Waals surface area contributed by atoms with Crippen LogP contribution in [-0.2, 0) is 0 Å². The van der Waals surface area contributed by atoms with Gasteiger partial charge in [-0.2, -0.15) is 9.64 Å². The number of aromatic nitrogens is 1. The third kappa shape index (κ3) is 4.10. The third-order valence-electron chi connectivity index (χ3n) is 1.87. The fraction of sp³-hybridized carbons (Fsp3) is 0. The molecule has 98 valence electrons. The maximum absolute atomic E-state index is 10.3. The van der Waals surface area contributed by atoms with Crippen molar-refractivity contribution in [3.8, 4) is 6.07 Å². The first-order valence-electron chi connectivity index (χ1n) is 4.76. The number of nitrogen functional groups attached to an aromatic ring is 1. The van der Waals surface area contributed by atoms with Crippen LogP contribution in [0.25, 0.3) is 0 Å². The molecule has 0 aliphatic heterocycles. The Balaban J connectivity index is 0.000000191. The Morgan fingerprint density at radius 3 is 2.37 bits per heavy atom. The van der Waals surface area contributed by atoms with Gasteiger partial charge in [0.1, 0.15) is 11.1 Å². The van der Waals surface area contributed by atoms with E-state index in [4.69, 9.17) is 39.3 Å². The highest BCUT2D eigenvalue weighted by atomic mass is 35.5. The minimum absolute atomic E-state index is 0.0131. The number of rotatable bonds is 1. The number of anilines is 1. The van der Waals surface area contributed by atoms with Gasteiger partial charge in [0, 0.05) is 5.69 Å². The van der Waals surface area contributed by atoms with E-state index in [0.717, 1.165) is 11.5 Å². The smallest absolute Gasteiger partial charge is 0.349 e. The van der Waals surface area contributed by atoms with Crippen LogP contribution in [0.4, 0.5) is 5.69 Å². The zero-order valence-electron chi connectivity index (χ0n) is 9.30. The Bertz CT molecular complexity index is 637. The maximum atomic E-state index is 10.3. The lowest BCUT2D eigenvalue weighted by atomic mass is 10.2. The first-order valence-corrected chi connectivity index (χ1v) is 6.28. The second-order valence-corrected chi connectivity index (χ2v) is 4.63. The lowest BCUT2D eigenvalue weighted by Crippen LogP contribution is -1.91. The van der Waals surface area contributed by atoms with E-state index in [-0.39, 0.29) is 15.1 Å². The van der Waals surface area contributed by atoms with Crippen LogP contribution in [0.5, 0.6) is 0 Å². The molecule has 0 atom stereocenters. The van der Waals surface area contributed by atoms with E-state index in [2.05, 4.69) is 4.37 Å². The molecule has 19 heavy (non-hydrogen) atoms. The summed E-state index contributed by atoms with van der Waals surface area (Å²) in [6.45, 7) is 0. The fourth-order valence-corrected chi connectivity index (χ4v) is 2.04. The predicted octanol–water partition coefficient (Wildman–Crippen LogP) is 3.29. The molecule has 3 N–H and O–H groups in total. The second-order valence-electron chi connectivity index (χ2n) is 3.12. The predicted molar refractivity (Wildman–Crippen MR) is 74.7 cm³/mol. The summed E-state index contributed by atoms with van der Waals surface area (Å²) in [6, 6.07) is 8.96. The molecule has 1 aromatic heterocycles. The molecule has 0 amide bonds. The number of benzene rings is 1. The van der Waals surface area contributed by atoms with Gasteiger partial charge in [-0.1, -0.05) is 35.3 Å². The van der Waals surface area contributed by atoms with Crippen LogP contribution >= 0.6 is 34.7 Å². The highest BCUT2D eigenvalue weighted by Gasteiger charge is 2.15.